The number of rotatable bonds is 1. The minimum atomic E-state index is -0.271. The Morgan fingerprint density at radius 1 is 1.29 bits per heavy atom. The first-order valence-corrected chi connectivity index (χ1v) is 7.03. The molecule has 0 aliphatic carbocycles. The molecule has 1 aliphatic heterocycles. The first kappa shape index (κ1) is 13.7. The number of benzene rings is 1. The smallest absolute Gasteiger partial charge is 0.274 e. The summed E-state index contributed by atoms with van der Waals surface area (Å²) in [6, 6.07) is 9.00. The third-order valence-electron chi connectivity index (χ3n) is 3.67. The summed E-state index contributed by atoms with van der Waals surface area (Å²) in [5.41, 5.74) is 3.11. The lowest BCUT2D eigenvalue weighted by atomic mass is 10.2. The Hall–Kier alpha value is -2.27. The Morgan fingerprint density at radius 3 is 2.71 bits per heavy atom. The lowest BCUT2D eigenvalue weighted by Gasteiger charge is -2.21. The maximum absolute atomic E-state index is 12.5. The van der Waals surface area contributed by atoms with E-state index in [4.69, 9.17) is 11.6 Å². The van der Waals surface area contributed by atoms with E-state index in [0.717, 1.165) is 5.69 Å². The quantitative estimate of drug-likeness (QED) is 0.824. The number of nitrogens with one attached hydrogen (secondary N) is 1. The average Bonchev–Trinajstić information content (AvgIpc) is 2.69. The van der Waals surface area contributed by atoms with Crippen molar-refractivity contribution in [2.24, 2.45) is 7.05 Å². The van der Waals surface area contributed by atoms with Crippen LogP contribution >= 0.6 is 11.6 Å². The Morgan fingerprint density at radius 2 is 2.00 bits per heavy atom. The molecule has 0 bridgehead atoms. The van der Waals surface area contributed by atoms with Gasteiger partial charge in [0, 0.05) is 12.7 Å². The summed E-state index contributed by atoms with van der Waals surface area (Å²) >= 11 is 5.75. The fourth-order valence-electron chi connectivity index (χ4n) is 2.56. The van der Waals surface area contributed by atoms with Crippen LogP contribution in [-0.2, 0) is 11.8 Å². The molecule has 1 aromatic carbocycles. The molecule has 2 aromatic rings. The third kappa shape index (κ3) is 2.01. The highest BCUT2D eigenvalue weighted by atomic mass is 35.5. The van der Waals surface area contributed by atoms with Gasteiger partial charge in [-0.05, 0) is 25.1 Å². The number of hydrogen-bond donors (Lipinski definition) is 1. The Bertz CT molecular complexity index is 751. The molecule has 0 unspecified atom stereocenters. The van der Waals surface area contributed by atoms with Crippen LogP contribution < -0.4 is 10.2 Å². The zero-order valence-electron chi connectivity index (χ0n) is 11.7. The van der Waals surface area contributed by atoms with Crippen molar-refractivity contribution in [3.05, 3.63) is 41.7 Å². The molecule has 3 rings (SSSR count). The predicted octanol–water partition coefficient (Wildman–Crippen LogP) is 2.80. The SMILES string of the molecule is Cc1cc2c(n1C)C(=O)Nc1ccccc1N2C(=O)CCl. The fourth-order valence-corrected chi connectivity index (χ4v) is 2.68. The van der Waals surface area contributed by atoms with Gasteiger partial charge in [0.05, 0.1) is 17.1 Å². The molecule has 2 amide bonds. The van der Waals surface area contributed by atoms with Crippen LogP contribution in [0.25, 0.3) is 0 Å². The molecule has 0 saturated carbocycles. The maximum Gasteiger partial charge on any atom is 0.274 e. The Kier molecular flexibility index (Phi) is 3.22. The summed E-state index contributed by atoms with van der Waals surface area (Å²) in [6.07, 6.45) is 0. The number of aromatic nitrogens is 1. The van der Waals surface area contributed by atoms with E-state index < -0.39 is 0 Å². The molecule has 0 radical (unpaired) electrons. The van der Waals surface area contributed by atoms with E-state index in [2.05, 4.69) is 5.32 Å². The lowest BCUT2D eigenvalue weighted by Crippen LogP contribution is -2.27. The van der Waals surface area contributed by atoms with Crippen LogP contribution in [0.15, 0.2) is 30.3 Å². The molecule has 1 aliphatic rings. The van der Waals surface area contributed by atoms with E-state index >= 15 is 0 Å². The molecule has 0 atom stereocenters. The van der Waals surface area contributed by atoms with Crippen molar-refractivity contribution >= 4 is 40.5 Å². The zero-order valence-corrected chi connectivity index (χ0v) is 12.4. The Labute approximate surface area is 127 Å². The van der Waals surface area contributed by atoms with Gasteiger partial charge in [-0.15, -0.1) is 11.6 Å². The number of hydrogen-bond acceptors (Lipinski definition) is 2. The van der Waals surface area contributed by atoms with Crippen LogP contribution in [0.4, 0.5) is 17.1 Å². The number of carbonyl (C=O) groups excluding carboxylic acids is 2. The summed E-state index contributed by atoms with van der Waals surface area (Å²) in [7, 11) is 1.80. The van der Waals surface area contributed by atoms with Gasteiger partial charge in [0.25, 0.3) is 5.91 Å². The van der Waals surface area contributed by atoms with E-state index in [-0.39, 0.29) is 17.7 Å². The van der Waals surface area contributed by atoms with Gasteiger partial charge in [0.15, 0.2) is 0 Å². The number of aryl methyl sites for hydroxylation is 1. The van der Waals surface area contributed by atoms with Gasteiger partial charge in [-0.3, -0.25) is 14.5 Å². The monoisotopic (exact) mass is 303 g/mol. The molecular weight excluding hydrogens is 290 g/mol. The van der Waals surface area contributed by atoms with Gasteiger partial charge in [-0.25, -0.2) is 0 Å². The van der Waals surface area contributed by atoms with Crippen LogP contribution in [0, 0.1) is 6.92 Å². The first-order chi connectivity index (χ1) is 10.0. The second-order valence-electron chi connectivity index (χ2n) is 4.91. The van der Waals surface area contributed by atoms with Crippen molar-refractivity contribution in [2.45, 2.75) is 6.92 Å². The number of alkyl halides is 1. The number of amides is 2. The summed E-state index contributed by atoms with van der Waals surface area (Å²) in [5.74, 6) is -0.666. The molecule has 21 heavy (non-hydrogen) atoms. The number of carbonyl (C=O) groups is 2. The Balaban J connectivity index is 2.32. The van der Waals surface area contributed by atoms with Crippen molar-refractivity contribution in [2.75, 3.05) is 16.1 Å². The predicted molar refractivity (Wildman–Crippen MR) is 82.4 cm³/mol. The minimum absolute atomic E-state index is 0.157. The lowest BCUT2D eigenvalue weighted by molar-refractivity contribution is -0.115. The molecule has 2 heterocycles. The number of para-hydroxylation sites is 2. The number of anilines is 3. The maximum atomic E-state index is 12.5. The van der Waals surface area contributed by atoms with Crippen LogP contribution in [0.5, 0.6) is 0 Å². The van der Waals surface area contributed by atoms with Gasteiger partial charge >= 0.3 is 0 Å². The molecule has 0 saturated heterocycles. The normalized spacial score (nSPS) is 13.3. The van der Waals surface area contributed by atoms with Gasteiger partial charge in [0.2, 0.25) is 5.91 Å². The fraction of sp³-hybridized carbons (Fsp3) is 0.200. The molecule has 108 valence electrons. The molecule has 1 aromatic heterocycles. The summed E-state index contributed by atoms with van der Waals surface area (Å²) in [4.78, 5) is 26.3. The van der Waals surface area contributed by atoms with E-state index in [9.17, 15) is 9.59 Å². The van der Waals surface area contributed by atoms with E-state index in [1.165, 1.54) is 4.90 Å². The standard InChI is InChI=1S/C15H14ClN3O2/c1-9-7-12-14(18(9)2)15(21)17-10-5-3-4-6-11(10)19(12)13(20)8-16/h3-7H,8H2,1-2H3,(H,17,21). The molecule has 5 nitrogen and oxygen atoms in total. The summed E-state index contributed by atoms with van der Waals surface area (Å²) in [6.45, 7) is 1.89. The van der Waals surface area contributed by atoms with Gasteiger partial charge in [0.1, 0.15) is 11.6 Å². The average molecular weight is 304 g/mol. The van der Waals surface area contributed by atoms with Crippen molar-refractivity contribution in [1.82, 2.24) is 4.57 Å². The van der Waals surface area contributed by atoms with Crippen LogP contribution in [0.1, 0.15) is 16.2 Å². The van der Waals surface area contributed by atoms with Crippen molar-refractivity contribution in [3.63, 3.8) is 0 Å². The first-order valence-electron chi connectivity index (χ1n) is 6.50. The van der Waals surface area contributed by atoms with Gasteiger partial charge < -0.3 is 9.88 Å². The minimum Gasteiger partial charge on any atom is -0.342 e. The topological polar surface area (TPSA) is 54.3 Å². The molecule has 1 N–H and O–H groups in total. The summed E-state index contributed by atoms with van der Waals surface area (Å²) in [5, 5.41) is 2.84. The van der Waals surface area contributed by atoms with Crippen LogP contribution in [0.2, 0.25) is 0 Å². The molecule has 6 heteroatoms. The highest BCUT2D eigenvalue weighted by Crippen LogP contribution is 2.39. The molecular formula is C15H14ClN3O2. The number of nitrogens with zero attached hydrogens (tertiary/aromatic N) is 2. The van der Waals surface area contributed by atoms with Crippen molar-refractivity contribution in [1.29, 1.82) is 0 Å². The van der Waals surface area contributed by atoms with Crippen molar-refractivity contribution in [3.8, 4) is 0 Å². The zero-order chi connectivity index (χ0) is 15.1. The van der Waals surface area contributed by atoms with E-state index in [1.54, 1.807) is 23.7 Å². The van der Waals surface area contributed by atoms with Crippen LogP contribution in [0.3, 0.4) is 0 Å². The van der Waals surface area contributed by atoms with Gasteiger partial charge in [-0.1, -0.05) is 12.1 Å². The van der Waals surface area contributed by atoms with Gasteiger partial charge in [-0.2, -0.15) is 0 Å². The van der Waals surface area contributed by atoms with Crippen LogP contribution in [-0.4, -0.2) is 22.3 Å². The highest BCUT2D eigenvalue weighted by molar-refractivity contribution is 6.31. The summed E-state index contributed by atoms with van der Waals surface area (Å²) < 4.78 is 1.77. The molecule has 0 fully saturated rings. The molecule has 0 spiro atoms. The van der Waals surface area contributed by atoms with Crippen molar-refractivity contribution < 1.29 is 9.59 Å². The highest BCUT2D eigenvalue weighted by Gasteiger charge is 2.31. The number of fused-ring (bicyclic) bond motifs is 2. The van der Waals surface area contributed by atoms with E-state index in [1.807, 2.05) is 25.1 Å². The second-order valence-corrected chi connectivity index (χ2v) is 5.18. The largest absolute Gasteiger partial charge is 0.342 e. The van der Waals surface area contributed by atoms with E-state index in [0.29, 0.717) is 22.8 Å². The third-order valence-corrected chi connectivity index (χ3v) is 3.89. The number of halogens is 1. The second kappa shape index (κ2) is 4.93.